The van der Waals surface area contributed by atoms with E-state index in [1.165, 1.54) is 23.6 Å². The van der Waals surface area contributed by atoms with E-state index in [9.17, 15) is 19.1 Å². The molecule has 0 radical (unpaired) electrons. The number of nitrogens with two attached hydrogens (primary N) is 1. The van der Waals surface area contributed by atoms with Crippen LogP contribution in [-0.2, 0) is 0 Å². The fourth-order valence-electron chi connectivity index (χ4n) is 3.23. The lowest BCUT2D eigenvalue weighted by Crippen LogP contribution is -2.27. The topological polar surface area (TPSA) is 88.6 Å². The van der Waals surface area contributed by atoms with Gasteiger partial charge in [-0.05, 0) is 41.3 Å². The van der Waals surface area contributed by atoms with Crippen LogP contribution in [0.2, 0.25) is 0 Å². The fourth-order valence-corrected chi connectivity index (χ4v) is 4.14. The Hall–Kier alpha value is -2.94. The highest BCUT2D eigenvalue weighted by molar-refractivity contribution is 7.12. The molecule has 9 heteroatoms. The number of benzene rings is 1. The first kappa shape index (κ1) is 19.4. The van der Waals surface area contributed by atoms with E-state index in [1.54, 1.807) is 27.8 Å². The second kappa shape index (κ2) is 7.47. The Balaban J connectivity index is 1.97. The summed E-state index contributed by atoms with van der Waals surface area (Å²) < 4.78 is 16.6. The number of rotatable bonds is 4. The SMILES string of the molecule is NCC1=C(Cl)C=CN(c2cc3c(cc2F)c(=O)c(C(=O)O)cn3-c2cccs2)C1. The van der Waals surface area contributed by atoms with Crippen molar-refractivity contribution in [3.63, 3.8) is 0 Å². The average Bonchev–Trinajstić information content (AvgIpc) is 3.23. The van der Waals surface area contributed by atoms with Crippen molar-refractivity contribution in [1.82, 2.24) is 4.57 Å². The Bertz CT molecular complexity index is 1250. The Morgan fingerprint density at radius 1 is 1.38 bits per heavy atom. The maximum Gasteiger partial charge on any atom is 0.341 e. The Morgan fingerprint density at radius 3 is 2.83 bits per heavy atom. The van der Waals surface area contributed by atoms with Gasteiger partial charge in [0.15, 0.2) is 0 Å². The van der Waals surface area contributed by atoms with E-state index in [4.69, 9.17) is 17.3 Å². The summed E-state index contributed by atoms with van der Waals surface area (Å²) in [6.07, 6.45) is 4.55. The van der Waals surface area contributed by atoms with Crippen molar-refractivity contribution in [2.75, 3.05) is 18.0 Å². The van der Waals surface area contributed by atoms with Gasteiger partial charge in [-0.25, -0.2) is 9.18 Å². The molecule has 0 amide bonds. The van der Waals surface area contributed by atoms with Gasteiger partial charge in [-0.15, -0.1) is 11.3 Å². The number of allylic oxidation sites excluding steroid dienone is 2. The lowest BCUT2D eigenvalue weighted by atomic mass is 10.1. The maximum atomic E-state index is 15.0. The predicted octanol–water partition coefficient (Wildman–Crippen LogP) is 3.67. The van der Waals surface area contributed by atoms with Crippen LogP contribution >= 0.6 is 22.9 Å². The normalized spacial score (nSPS) is 14.1. The lowest BCUT2D eigenvalue weighted by molar-refractivity contribution is 0.0695. The summed E-state index contributed by atoms with van der Waals surface area (Å²) in [7, 11) is 0. The van der Waals surface area contributed by atoms with Crippen LogP contribution < -0.4 is 16.1 Å². The molecule has 0 aliphatic carbocycles. The van der Waals surface area contributed by atoms with Gasteiger partial charge >= 0.3 is 5.97 Å². The minimum absolute atomic E-state index is 0.00633. The molecule has 3 aromatic rings. The highest BCUT2D eigenvalue weighted by Crippen LogP contribution is 2.31. The van der Waals surface area contributed by atoms with Crippen LogP contribution in [0.15, 0.2) is 63.5 Å². The van der Waals surface area contributed by atoms with Crippen LogP contribution in [0.4, 0.5) is 10.1 Å². The van der Waals surface area contributed by atoms with Gasteiger partial charge in [0.05, 0.1) is 16.2 Å². The molecule has 29 heavy (non-hydrogen) atoms. The third kappa shape index (κ3) is 3.35. The zero-order valence-electron chi connectivity index (χ0n) is 14.9. The minimum atomic E-state index is -1.36. The van der Waals surface area contributed by atoms with Crippen molar-refractivity contribution < 1.29 is 14.3 Å². The molecule has 2 aromatic heterocycles. The standard InChI is InChI=1S/C20H15ClFN3O3S/c21-14-3-4-24(9-11(14)8-23)17-7-16-12(6-15(17)22)19(26)13(20(27)28)10-25(16)18-2-1-5-29-18/h1-7,10H,8-9,23H2,(H,27,28). The number of carboxylic acid groups (broad SMARTS) is 1. The van der Waals surface area contributed by atoms with Gasteiger partial charge in [-0.2, -0.15) is 0 Å². The molecule has 0 fully saturated rings. The second-order valence-electron chi connectivity index (χ2n) is 6.42. The molecule has 0 saturated carbocycles. The van der Waals surface area contributed by atoms with Gasteiger partial charge in [0.1, 0.15) is 11.4 Å². The number of aromatic nitrogens is 1. The van der Waals surface area contributed by atoms with Gasteiger partial charge in [0.25, 0.3) is 0 Å². The van der Waals surface area contributed by atoms with E-state index in [0.717, 1.165) is 11.6 Å². The molecule has 0 spiro atoms. The number of pyridine rings is 1. The van der Waals surface area contributed by atoms with E-state index in [1.807, 2.05) is 11.4 Å². The van der Waals surface area contributed by atoms with E-state index < -0.39 is 22.8 Å². The first-order chi connectivity index (χ1) is 13.9. The number of nitrogens with zero attached hydrogens (tertiary/aromatic N) is 2. The first-order valence-electron chi connectivity index (χ1n) is 8.59. The van der Waals surface area contributed by atoms with Crippen LogP contribution in [0.1, 0.15) is 10.4 Å². The number of hydrogen-bond donors (Lipinski definition) is 2. The monoisotopic (exact) mass is 431 g/mol. The van der Waals surface area contributed by atoms with E-state index in [2.05, 4.69) is 0 Å². The molecule has 0 atom stereocenters. The Labute approximate surface area is 173 Å². The number of anilines is 1. The summed E-state index contributed by atoms with van der Waals surface area (Å²) >= 11 is 7.50. The van der Waals surface area contributed by atoms with E-state index in [0.29, 0.717) is 22.1 Å². The van der Waals surface area contributed by atoms with Crippen molar-refractivity contribution in [3.05, 3.63) is 80.3 Å². The average molecular weight is 432 g/mol. The van der Waals surface area contributed by atoms with Gasteiger partial charge < -0.3 is 20.3 Å². The molecule has 0 unspecified atom stereocenters. The quantitative estimate of drug-likeness (QED) is 0.658. The summed E-state index contributed by atoms with van der Waals surface area (Å²) in [5.74, 6) is -2.01. The summed E-state index contributed by atoms with van der Waals surface area (Å²) in [6.45, 7) is 0.543. The highest BCUT2D eigenvalue weighted by Gasteiger charge is 2.21. The Kier molecular flexibility index (Phi) is 4.99. The van der Waals surface area contributed by atoms with Crippen LogP contribution in [0.5, 0.6) is 0 Å². The molecule has 3 heterocycles. The molecule has 1 aliphatic rings. The highest BCUT2D eigenvalue weighted by atomic mass is 35.5. The number of hydrogen-bond acceptors (Lipinski definition) is 5. The Morgan fingerprint density at radius 2 is 2.17 bits per heavy atom. The third-order valence-corrected chi connectivity index (χ3v) is 5.96. The van der Waals surface area contributed by atoms with Gasteiger partial charge in [0, 0.05) is 35.9 Å². The smallest absolute Gasteiger partial charge is 0.341 e. The maximum absolute atomic E-state index is 15.0. The molecule has 1 aliphatic heterocycles. The number of halogens is 2. The van der Waals surface area contributed by atoms with E-state index in [-0.39, 0.29) is 17.6 Å². The van der Waals surface area contributed by atoms with Crippen LogP contribution in [0.25, 0.3) is 15.9 Å². The largest absolute Gasteiger partial charge is 0.477 e. The van der Waals surface area contributed by atoms with Crippen LogP contribution in [0.3, 0.4) is 0 Å². The molecule has 3 N–H and O–H groups in total. The first-order valence-corrected chi connectivity index (χ1v) is 9.85. The zero-order valence-corrected chi connectivity index (χ0v) is 16.5. The van der Waals surface area contributed by atoms with Gasteiger partial charge in [-0.3, -0.25) is 4.79 Å². The van der Waals surface area contributed by atoms with Crippen molar-refractivity contribution in [2.45, 2.75) is 0 Å². The molecular weight excluding hydrogens is 417 g/mol. The number of carbonyl (C=O) groups is 1. The number of carboxylic acids is 1. The van der Waals surface area contributed by atoms with Gasteiger partial charge in [0.2, 0.25) is 5.43 Å². The van der Waals surface area contributed by atoms with Crippen molar-refractivity contribution >= 4 is 45.5 Å². The molecule has 148 valence electrons. The number of aromatic carboxylic acids is 1. The molecule has 1 aromatic carbocycles. The van der Waals surface area contributed by atoms with Crippen molar-refractivity contribution in [1.29, 1.82) is 0 Å². The molecular formula is C20H15ClFN3O3S. The number of thiophene rings is 1. The predicted molar refractivity (Wildman–Crippen MR) is 113 cm³/mol. The molecule has 4 rings (SSSR count). The summed E-state index contributed by atoms with van der Waals surface area (Å²) in [5, 5.41) is 12.5. The van der Waals surface area contributed by atoms with Crippen molar-refractivity contribution in [2.24, 2.45) is 5.73 Å². The summed E-state index contributed by atoms with van der Waals surface area (Å²) in [5.41, 5.74) is 5.96. The fraction of sp³-hybridized carbons (Fsp3) is 0.100. The van der Waals surface area contributed by atoms with Crippen molar-refractivity contribution in [3.8, 4) is 5.00 Å². The summed E-state index contributed by atoms with van der Waals surface area (Å²) in [4.78, 5) is 25.8. The van der Waals surface area contributed by atoms with Gasteiger partial charge in [-0.1, -0.05) is 11.6 Å². The third-order valence-electron chi connectivity index (χ3n) is 4.70. The minimum Gasteiger partial charge on any atom is -0.477 e. The van der Waals surface area contributed by atoms with Crippen LogP contribution in [-0.4, -0.2) is 28.7 Å². The molecule has 6 nitrogen and oxygen atoms in total. The second-order valence-corrected chi connectivity index (χ2v) is 7.75. The number of fused-ring (bicyclic) bond motifs is 1. The summed E-state index contributed by atoms with van der Waals surface area (Å²) in [6, 6.07) is 6.22. The molecule has 0 saturated heterocycles. The van der Waals surface area contributed by atoms with Crippen LogP contribution in [0, 0.1) is 5.82 Å². The zero-order chi connectivity index (χ0) is 20.7. The van der Waals surface area contributed by atoms with E-state index >= 15 is 0 Å². The lowest BCUT2D eigenvalue weighted by Gasteiger charge is -2.26. The molecule has 0 bridgehead atoms.